The molecule has 2 aromatic heterocycles. The van der Waals surface area contributed by atoms with E-state index in [1.54, 1.807) is 48.1 Å². The number of carbonyl (C=O) groups excluding carboxylic acids is 4. The highest BCUT2D eigenvalue weighted by Gasteiger charge is 2.22. The topological polar surface area (TPSA) is 193 Å². The quantitative estimate of drug-likeness (QED) is 0.226. The van der Waals surface area contributed by atoms with Crippen molar-refractivity contribution in [3.63, 3.8) is 0 Å². The monoisotopic (exact) mass is 717 g/mol. The number of nitrogens with two attached hydrogens (primary N) is 2. The fraction of sp³-hybridized carbons (Fsp3) is 0.615. The Morgan fingerprint density at radius 3 is 1.29 bits per heavy atom. The van der Waals surface area contributed by atoms with Gasteiger partial charge < -0.3 is 26.0 Å². The molecule has 288 valence electrons. The fourth-order valence-electron chi connectivity index (χ4n) is 4.13. The van der Waals surface area contributed by atoms with E-state index >= 15 is 0 Å². The number of carbonyl (C=O) groups is 5. The normalized spacial score (nSPS) is 21.5. The average Bonchev–Trinajstić information content (AvgIpc) is 3.09. The highest BCUT2D eigenvalue weighted by atomic mass is 16.5. The molecule has 12 heteroatoms. The summed E-state index contributed by atoms with van der Waals surface area (Å²) in [5.74, 6) is 3.82. The second kappa shape index (κ2) is 28.4. The maximum absolute atomic E-state index is 10.8. The number of hydrogen-bond donors (Lipinski definition) is 3. The van der Waals surface area contributed by atoms with Gasteiger partial charge in [-0.1, -0.05) is 80.1 Å². The number of pyridine rings is 2. The van der Waals surface area contributed by atoms with Crippen LogP contribution in [0.15, 0.2) is 49.1 Å². The first-order chi connectivity index (χ1) is 23.8. The van der Waals surface area contributed by atoms with E-state index in [2.05, 4.69) is 51.3 Å². The summed E-state index contributed by atoms with van der Waals surface area (Å²) >= 11 is 0. The number of rotatable bonds is 5. The highest BCUT2D eigenvalue weighted by Crippen LogP contribution is 2.33. The standard InChI is InChI=1S/C9H10N2O3.C6H6N2O.3C6H12.C4H8O2.C2H4O2/c1-7(12)14-6-11-4-2-3-8(5-11)9(10)13;7-6(9)5-2-1-3-8-4-5;3*1-5-3-4-6(5)2;1-3-6-4(2)5;1-2(3)4/h2-5H,6H2,1H3,(H-,10,13);1-4H,(H2,7,9);3*5-6H,3-4H2,1-2H3;3H2,1-2H3;1H3,(H,3,4)/p+1. The van der Waals surface area contributed by atoms with Crippen LogP contribution in [0.25, 0.3) is 0 Å². The Kier molecular flexibility index (Phi) is 27.1. The second-order valence-corrected chi connectivity index (χ2v) is 13.4. The van der Waals surface area contributed by atoms with Gasteiger partial charge in [-0.15, -0.1) is 0 Å². The summed E-state index contributed by atoms with van der Waals surface area (Å²) in [5, 5.41) is 7.42. The number of aliphatic carboxylic acids is 1. The average molecular weight is 718 g/mol. The maximum Gasteiger partial charge on any atom is 0.307 e. The molecular formula is C39H65N4O8+. The van der Waals surface area contributed by atoms with Crippen LogP contribution in [0.2, 0.25) is 0 Å². The van der Waals surface area contributed by atoms with Crippen molar-refractivity contribution >= 4 is 29.7 Å². The lowest BCUT2D eigenvalue weighted by Gasteiger charge is -2.29. The van der Waals surface area contributed by atoms with Gasteiger partial charge >= 0.3 is 11.9 Å². The van der Waals surface area contributed by atoms with Crippen LogP contribution in [0.5, 0.6) is 0 Å². The van der Waals surface area contributed by atoms with Crippen LogP contribution in [0.4, 0.5) is 0 Å². The number of primary amides is 2. The number of amides is 2. The van der Waals surface area contributed by atoms with Crippen molar-refractivity contribution in [3.8, 4) is 0 Å². The molecule has 6 atom stereocenters. The van der Waals surface area contributed by atoms with Crippen molar-refractivity contribution < 1.29 is 43.1 Å². The minimum absolute atomic E-state index is 0.0798. The lowest BCUT2D eigenvalue weighted by atomic mass is 9.77. The second-order valence-electron chi connectivity index (χ2n) is 13.4. The number of carboxylic acid groups (broad SMARTS) is 1. The minimum atomic E-state index is -0.833. The van der Waals surface area contributed by atoms with Gasteiger partial charge in [0.15, 0.2) is 12.4 Å². The number of aromatic nitrogens is 2. The van der Waals surface area contributed by atoms with Gasteiger partial charge in [0, 0.05) is 39.2 Å². The number of hydrogen-bond acceptors (Lipinski definition) is 8. The highest BCUT2D eigenvalue weighted by molar-refractivity contribution is 5.92. The van der Waals surface area contributed by atoms with E-state index in [9.17, 15) is 19.2 Å². The van der Waals surface area contributed by atoms with Gasteiger partial charge in [-0.2, -0.15) is 4.57 Å². The van der Waals surface area contributed by atoms with Crippen molar-refractivity contribution in [3.05, 3.63) is 60.2 Å². The summed E-state index contributed by atoms with van der Waals surface area (Å²) in [5.41, 5.74) is 10.8. The van der Waals surface area contributed by atoms with Crippen LogP contribution < -0.4 is 16.0 Å². The van der Waals surface area contributed by atoms with E-state index in [-0.39, 0.29) is 18.7 Å². The van der Waals surface area contributed by atoms with Crippen molar-refractivity contribution in [1.82, 2.24) is 4.98 Å². The molecule has 0 aromatic carbocycles. The molecule has 0 spiro atoms. The molecule has 0 aliphatic heterocycles. The van der Waals surface area contributed by atoms with Gasteiger partial charge in [0.1, 0.15) is 5.56 Å². The summed E-state index contributed by atoms with van der Waals surface area (Å²) in [7, 11) is 0. The maximum atomic E-state index is 10.8. The lowest BCUT2D eigenvalue weighted by Crippen LogP contribution is -2.36. The molecule has 3 aliphatic rings. The fourth-order valence-corrected chi connectivity index (χ4v) is 4.13. The van der Waals surface area contributed by atoms with Crippen LogP contribution in [-0.2, 0) is 30.6 Å². The Labute approximate surface area is 305 Å². The molecule has 2 heterocycles. The van der Waals surface area contributed by atoms with Crippen molar-refractivity contribution in [2.75, 3.05) is 6.61 Å². The molecule has 3 aliphatic carbocycles. The van der Waals surface area contributed by atoms with Crippen LogP contribution >= 0.6 is 0 Å². The third-order valence-electron chi connectivity index (χ3n) is 9.00. The first-order valence-corrected chi connectivity index (χ1v) is 17.8. The Bertz CT molecular complexity index is 1220. The zero-order valence-corrected chi connectivity index (χ0v) is 32.6. The summed E-state index contributed by atoms with van der Waals surface area (Å²) in [6.07, 6.45) is 15.1. The van der Waals surface area contributed by atoms with E-state index in [4.69, 9.17) is 26.1 Å². The van der Waals surface area contributed by atoms with E-state index in [1.165, 1.54) is 64.8 Å². The first-order valence-electron chi connectivity index (χ1n) is 17.8. The van der Waals surface area contributed by atoms with Gasteiger partial charge in [0.25, 0.3) is 18.6 Å². The molecule has 5 N–H and O–H groups in total. The zero-order chi connectivity index (χ0) is 39.5. The molecule has 12 nitrogen and oxygen atoms in total. The molecule has 0 saturated heterocycles. The molecular weight excluding hydrogens is 652 g/mol. The number of ether oxygens (including phenoxy) is 2. The van der Waals surface area contributed by atoms with Gasteiger partial charge in [-0.25, -0.2) is 0 Å². The molecule has 6 unspecified atom stereocenters. The molecule has 0 bridgehead atoms. The predicted octanol–water partition coefficient (Wildman–Crippen LogP) is 6.59. The Morgan fingerprint density at radius 2 is 1.08 bits per heavy atom. The van der Waals surface area contributed by atoms with Crippen LogP contribution in [0.1, 0.15) is 128 Å². The van der Waals surface area contributed by atoms with Crippen molar-refractivity contribution in [1.29, 1.82) is 0 Å². The van der Waals surface area contributed by atoms with Crippen molar-refractivity contribution in [2.45, 2.75) is 114 Å². The van der Waals surface area contributed by atoms with E-state index in [0.29, 0.717) is 17.7 Å². The summed E-state index contributed by atoms with van der Waals surface area (Å²) in [4.78, 5) is 54.2. The molecule has 5 rings (SSSR count). The first kappa shape index (κ1) is 48.8. The van der Waals surface area contributed by atoms with Crippen LogP contribution in [0.3, 0.4) is 0 Å². The summed E-state index contributed by atoms with van der Waals surface area (Å²) in [6, 6.07) is 6.53. The molecule has 2 amide bonds. The SMILES string of the molecule is CC(=O)O.CC(=O)OC[n+]1cccc(C(N)=O)c1.CC1CCC1C.CC1CCC1C.CC1CCC1C.CCOC(C)=O.NC(=O)c1cccnc1. The minimum Gasteiger partial charge on any atom is -0.481 e. The van der Waals surface area contributed by atoms with Crippen molar-refractivity contribution in [2.24, 2.45) is 47.0 Å². The molecule has 3 saturated carbocycles. The number of nitrogens with zero attached hydrogens (tertiary/aromatic N) is 2. The molecule has 3 fully saturated rings. The van der Waals surface area contributed by atoms with Crippen LogP contribution in [0, 0.1) is 35.5 Å². The van der Waals surface area contributed by atoms with Crippen LogP contribution in [-0.4, -0.2) is 46.4 Å². The largest absolute Gasteiger partial charge is 0.481 e. The molecule has 2 aromatic rings. The molecule has 0 radical (unpaired) electrons. The Hall–Kier alpha value is -4.35. The van der Waals surface area contributed by atoms with E-state index < -0.39 is 17.8 Å². The van der Waals surface area contributed by atoms with Gasteiger partial charge in [0.2, 0.25) is 5.91 Å². The Balaban J connectivity index is 0. The third-order valence-corrected chi connectivity index (χ3v) is 9.00. The summed E-state index contributed by atoms with van der Waals surface area (Å²) < 4.78 is 10.7. The predicted molar refractivity (Wildman–Crippen MR) is 198 cm³/mol. The zero-order valence-electron chi connectivity index (χ0n) is 32.6. The van der Waals surface area contributed by atoms with Gasteiger partial charge in [-0.05, 0) is 60.6 Å². The summed E-state index contributed by atoms with van der Waals surface area (Å²) in [6.45, 7) is 20.1. The lowest BCUT2D eigenvalue weighted by molar-refractivity contribution is -0.727. The van der Waals surface area contributed by atoms with Gasteiger partial charge in [0.05, 0.1) is 12.2 Å². The third kappa shape index (κ3) is 27.1. The molecule has 51 heavy (non-hydrogen) atoms. The van der Waals surface area contributed by atoms with E-state index in [1.807, 2.05) is 0 Å². The van der Waals surface area contributed by atoms with Gasteiger partial charge in [-0.3, -0.25) is 29.0 Å². The number of carboxylic acids is 1. The number of esters is 2. The smallest absolute Gasteiger partial charge is 0.307 e. The Morgan fingerprint density at radius 1 is 0.706 bits per heavy atom. The van der Waals surface area contributed by atoms with E-state index in [0.717, 1.165) is 42.4 Å².